The Hall–Kier alpha value is -4.06. The van der Waals surface area contributed by atoms with E-state index >= 15 is 0 Å². The van der Waals surface area contributed by atoms with Crippen molar-refractivity contribution < 1.29 is 27.6 Å². The molecule has 0 spiro atoms. The second kappa shape index (κ2) is 15.0. The summed E-state index contributed by atoms with van der Waals surface area (Å²) in [6.07, 6.45) is 5.10. The Morgan fingerprint density at radius 2 is 1.90 bits per heavy atom. The van der Waals surface area contributed by atoms with Crippen molar-refractivity contribution in [2.45, 2.75) is 57.7 Å². The molecule has 2 atom stereocenters. The summed E-state index contributed by atoms with van der Waals surface area (Å²) < 4.78 is 39.2. The van der Waals surface area contributed by atoms with Crippen molar-refractivity contribution in [3.63, 3.8) is 0 Å². The summed E-state index contributed by atoms with van der Waals surface area (Å²) in [7, 11) is 0. The molecule has 252 valence electrons. The van der Waals surface area contributed by atoms with Gasteiger partial charge in [-0.15, -0.1) is 0 Å². The lowest BCUT2D eigenvalue weighted by Gasteiger charge is -2.35. The van der Waals surface area contributed by atoms with Gasteiger partial charge in [0.05, 0.1) is 16.5 Å². The molecule has 9 nitrogen and oxygen atoms in total. The lowest BCUT2D eigenvalue weighted by Crippen LogP contribution is -2.47. The summed E-state index contributed by atoms with van der Waals surface area (Å²) in [5.74, 6) is -1.18. The number of nitrogens with one attached hydrogen (secondary N) is 2. The van der Waals surface area contributed by atoms with Crippen LogP contribution in [0, 0.1) is 17.6 Å². The molecule has 0 radical (unpaired) electrons. The Labute approximate surface area is 286 Å². The quantitative estimate of drug-likeness (QED) is 0.164. The van der Waals surface area contributed by atoms with Crippen LogP contribution in [0.1, 0.15) is 54.6 Å². The van der Waals surface area contributed by atoms with Crippen LogP contribution < -0.4 is 15.4 Å². The average molecular weight is 699 g/mol. The number of carbonyl (C=O) groups is 2. The van der Waals surface area contributed by atoms with Crippen LogP contribution in [0.15, 0.2) is 59.3 Å². The number of pyridine rings is 1. The van der Waals surface area contributed by atoms with Gasteiger partial charge in [-0.1, -0.05) is 46.6 Å². The predicted octanol–water partition coefficient (Wildman–Crippen LogP) is 6.46. The molecule has 2 amide bonds. The molecule has 1 aliphatic heterocycles. The summed E-state index contributed by atoms with van der Waals surface area (Å²) in [5.41, 5.74) is 2.75. The highest BCUT2D eigenvalue weighted by Gasteiger charge is 2.40. The van der Waals surface area contributed by atoms with E-state index in [0.717, 1.165) is 54.6 Å². The molecule has 2 fully saturated rings. The molecule has 2 unspecified atom stereocenters. The van der Waals surface area contributed by atoms with E-state index in [1.54, 1.807) is 12.3 Å². The van der Waals surface area contributed by atoms with E-state index in [2.05, 4.69) is 20.8 Å². The minimum absolute atomic E-state index is 0.0382. The normalized spacial score (nSPS) is 17.6. The molecule has 48 heavy (non-hydrogen) atoms. The van der Waals surface area contributed by atoms with Crippen LogP contribution in [0.4, 0.5) is 8.78 Å². The fourth-order valence-electron chi connectivity index (χ4n) is 6.08. The van der Waals surface area contributed by atoms with E-state index in [9.17, 15) is 18.4 Å². The van der Waals surface area contributed by atoms with Crippen LogP contribution in [0.5, 0.6) is 5.88 Å². The number of aromatic nitrogens is 2. The molecule has 2 aliphatic rings. The van der Waals surface area contributed by atoms with E-state index in [1.807, 2.05) is 29.2 Å². The number of halogens is 4. The van der Waals surface area contributed by atoms with Crippen molar-refractivity contribution in [2.24, 2.45) is 5.92 Å². The van der Waals surface area contributed by atoms with Crippen molar-refractivity contribution in [3.8, 4) is 17.1 Å². The van der Waals surface area contributed by atoms with Gasteiger partial charge in [-0.3, -0.25) is 9.59 Å². The second-order valence-electron chi connectivity index (χ2n) is 12.2. The number of piperidine rings is 1. The summed E-state index contributed by atoms with van der Waals surface area (Å²) in [6, 6.07) is 13.0. The highest BCUT2D eigenvalue weighted by molar-refractivity contribution is 6.33. The van der Waals surface area contributed by atoms with Gasteiger partial charge in [0.2, 0.25) is 17.7 Å². The number of amides is 2. The van der Waals surface area contributed by atoms with Gasteiger partial charge in [-0.25, -0.2) is 13.8 Å². The van der Waals surface area contributed by atoms with Gasteiger partial charge in [0.1, 0.15) is 17.3 Å². The number of ether oxygens (including phenoxy) is 1. The smallest absolute Gasteiger partial charge is 0.228 e. The Balaban J connectivity index is 1.11. The van der Waals surface area contributed by atoms with Crippen LogP contribution >= 0.6 is 23.2 Å². The minimum Gasteiger partial charge on any atom is -0.469 e. The zero-order valence-corrected chi connectivity index (χ0v) is 27.8. The fourth-order valence-corrected chi connectivity index (χ4v) is 6.50. The summed E-state index contributed by atoms with van der Waals surface area (Å²) in [4.78, 5) is 31.9. The summed E-state index contributed by atoms with van der Waals surface area (Å²) in [6.45, 7) is 3.74. The second-order valence-corrected chi connectivity index (χ2v) is 13.0. The van der Waals surface area contributed by atoms with Gasteiger partial charge in [0.15, 0.2) is 12.4 Å². The third kappa shape index (κ3) is 7.97. The monoisotopic (exact) mass is 697 g/mol. The number of nitrogens with zero attached hydrogens (tertiary/aromatic N) is 3. The Morgan fingerprint density at radius 1 is 1.08 bits per heavy atom. The van der Waals surface area contributed by atoms with Gasteiger partial charge in [-0.2, -0.15) is 0 Å². The average Bonchev–Trinajstić information content (AvgIpc) is 3.82. The predicted molar refractivity (Wildman–Crippen MR) is 177 cm³/mol. The highest BCUT2D eigenvalue weighted by atomic mass is 35.5. The van der Waals surface area contributed by atoms with Crippen molar-refractivity contribution in [1.29, 1.82) is 0 Å². The first-order chi connectivity index (χ1) is 23.2. The van der Waals surface area contributed by atoms with Crippen LogP contribution in [-0.2, 0) is 29.2 Å². The highest BCUT2D eigenvalue weighted by Crippen LogP contribution is 2.37. The standard InChI is InChI=1S/C35H35Cl2F2N5O4/c1-20(45)41-13-10-21-2-6-28(36)23(14-21)18-44(24-4-5-24)35(46)27-17-40-12-11-26(27)22-3-9-32(42-16-22)47-19-25-15-31(43-48-25)33-29(38)7-8-30(39)34(33)37/h2-3,6-9,14-16,24,26-27,40H,4-5,10-13,17-19H2,1H3,(H,41,45). The zero-order valence-electron chi connectivity index (χ0n) is 26.3. The third-order valence-electron chi connectivity index (χ3n) is 8.72. The van der Waals surface area contributed by atoms with Crippen LogP contribution in [-0.4, -0.2) is 52.5 Å². The van der Waals surface area contributed by atoms with E-state index < -0.39 is 11.6 Å². The Kier molecular flexibility index (Phi) is 10.6. The SMILES string of the molecule is CC(=O)NCCc1ccc(Cl)c(CN(C(=O)C2CNCCC2c2ccc(OCc3cc(-c4c(F)ccc(F)c4Cl)no3)nc2)C2CC2)c1. The molecule has 4 aromatic rings. The molecule has 3 heterocycles. The molecular formula is C35H35Cl2F2N5O4. The zero-order chi connectivity index (χ0) is 33.8. The summed E-state index contributed by atoms with van der Waals surface area (Å²) in [5, 5.41) is 10.3. The number of hydrogen-bond acceptors (Lipinski definition) is 7. The molecule has 0 bridgehead atoms. The Bertz CT molecular complexity index is 1780. The van der Waals surface area contributed by atoms with Gasteiger partial charge >= 0.3 is 0 Å². The van der Waals surface area contributed by atoms with Crippen LogP contribution in [0.25, 0.3) is 11.3 Å². The van der Waals surface area contributed by atoms with Gasteiger partial charge in [-0.05, 0) is 73.0 Å². The van der Waals surface area contributed by atoms with Crippen LogP contribution in [0.2, 0.25) is 10.0 Å². The molecule has 2 N–H and O–H groups in total. The summed E-state index contributed by atoms with van der Waals surface area (Å²) >= 11 is 12.6. The largest absolute Gasteiger partial charge is 0.469 e. The van der Waals surface area contributed by atoms with Crippen molar-refractivity contribution in [3.05, 3.63) is 98.9 Å². The topological polar surface area (TPSA) is 110 Å². The molecular weight excluding hydrogens is 663 g/mol. The number of benzene rings is 2. The van der Waals surface area contributed by atoms with Crippen molar-refractivity contribution >= 4 is 35.0 Å². The lowest BCUT2D eigenvalue weighted by molar-refractivity contribution is -0.138. The van der Waals surface area contributed by atoms with Gasteiger partial charge in [0.25, 0.3) is 0 Å². The first-order valence-corrected chi connectivity index (χ1v) is 16.6. The maximum atomic E-state index is 14.3. The third-order valence-corrected chi connectivity index (χ3v) is 9.46. The number of rotatable bonds is 12. The molecule has 1 aliphatic carbocycles. The molecule has 2 aromatic carbocycles. The minimum atomic E-state index is -0.762. The maximum absolute atomic E-state index is 14.3. The maximum Gasteiger partial charge on any atom is 0.228 e. The van der Waals surface area contributed by atoms with E-state index in [1.165, 1.54) is 13.0 Å². The molecule has 1 saturated heterocycles. The molecule has 1 saturated carbocycles. The first-order valence-electron chi connectivity index (χ1n) is 15.9. The lowest BCUT2D eigenvalue weighted by atomic mass is 9.81. The van der Waals surface area contributed by atoms with Crippen molar-refractivity contribution in [1.82, 2.24) is 25.7 Å². The fraction of sp³-hybridized carbons (Fsp3) is 0.371. The molecule has 6 rings (SSSR count). The van der Waals surface area contributed by atoms with Gasteiger partial charge < -0.3 is 24.8 Å². The molecule has 2 aromatic heterocycles. The number of carbonyl (C=O) groups excluding carboxylic acids is 2. The van der Waals surface area contributed by atoms with Gasteiger partial charge in [0, 0.05) is 56.0 Å². The van der Waals surface area contributed by atoms with E-state index in [-0.39, 0.29) is 58.3 Å². The van der Waals surface area contributed by atoms with Crippen molar-refractivity contribution in [2.75, 3.05) is 19.6 Å². The molecule has 13 heteroatoms. The Morgan fingerprint density at radius 3 is 2.65 bits per heavy atom. The van der Waals surface area contributed by atoms with E-state index in [4.69, 9.17) is 32.5 Å². The van der Waals surface area contributed by atoms with Crippen LogP contribution in [0.3, 0.4) is 0 Å². The first kappa shape index (κ1) is 33.8. The van der Waals surface area contributed by atoms with E-state index in [0.29, 0.717) is 37.0 Å². The number of hydrogen-bond donors (Lipinski definition) is 2.